The van der Waals surface area contributed by atoms with Crippen molar-refractivity contribution in [3.63, 3.8) is 0 Å². The van der Waals surface area contributed by atoms with Gasteiger partial charge in [-0.15, -0.1) is 0 Å². The van der Waals surface area contributed by atoms with E-state index in [1.165, 1.54) is 24.3 Å². The van der Waals surface area contributed by atoms with Crippen LogP contribution in [0, 0.1) is 0 Å². The molecule has 2 aromatic rings. The van der Waals surface area contributed by atoms with Crippen molar-refractivity contribution in [1.29, 1.82) is 0 Å². The van der Waals surface area contributed by atoms with Crippen molar-refractivity contribution in [3.8, 4) is 0 Å². The zero-order valence-corrected chi connectivity index (χ0v) is 15.8. The Morgan fingerprint density at radius 2 is 1.24 bits per heavy atom. The van der Waals surface area contributed by atoms with E-state index in [1.54, 1.807) is 0 Å². The summed E-state index contributed by atoms with van der Waals surface area (Å²) in [5.74, 6) is -0.530. The molecule has 3 rings (SSSR count). The fourth-order valence-electron chi connectivity index (χ4n) is 3.58. The first-order valence-corrected chi connectivity index (χ1v) is 10.2. The third kappa shape index (κ3) is 4.42. The van der Waals surface area contributed by atoms with Crippen molar-refractivity contribution in [1.82, 2.24) is 4.31 Å². The van der Waals surface area contributed by atoms with Gasteiger partial charge in [0.15, 0.2) is 0 Å². The number of hydrogen-bond acceptors (Lipinski definition) is 2. The van der Waals surface area contributed by atoms with E-state index in [1.807, 2.05) is 0 Å². The predicted octanol–water partition coefficient (Wildman–Crippen LogP) is 5.29. The average Bonchev–Trinajstić information content (AvgIpc) is 2.67. The Morgan fingerprint density at radius 3 is 1.79 bits per heavy atom. The van der Waals surface area contributed by atoms with Gasteiger partial charge in [0, 0.05) is 13.1 Å². The lowest BCUT2D eigenvalue weighted by atomic mass is 9.87. The first-order valence-electron chi connectivity index (χ1n) is 8.75. The highest BCUT2D eigenvalue weighted by atomic mass is 32.2. The van der Waals surface area contributed by atoms with Crippen LogP contribution in [0.15, 0.2) is 53.4 Å². The van der Waals surface area contributed by atoms with Crippen LogP contribution in [-0.4, -0.2) is 25.8 Å². The summed E-state index contributed by atoms with van der Waals surface area (Å²) >= 11 is 0. The van der Waals surface area contributed by atoms with E-state index in [0.29, 0.717) is 6.07 Å². The summed E-state index contributed by atoms with van der Waals surface area (Å²) in [6.07, 6.45) is -9.21. The Morgan fingerprint density at radius 1 is 0.759 bits per heavy atom. The van der Waals surface area contributed by atoms with Crippen molar-refractivity contribution in [2.24, 2.45) is 0 Å². The molecule has 0 spiro atoms. The Kier molecular flexibility index (Phi) is 5.70. The summed E-state index contributed by atoms with van der Waals surface area (Å²) in [4.78, 5) is -0.846. The van der Waals surface area contributed by atoms with E-state index in [9.17, 15) is 34.8 Å². The molecule has 0 N–H and O–H groups in total. The quantitative estimate of drug-likeness (QED) is 0.612. The lowest BCUT2D eigenvalue weighted by Crippen LogP contribution is -2.39. The smallest absolute Gasteiger partial charge is 0.207 e. The molecule has 3 nitrogen and oxygen atoms in total. The Bertz CT molecular complexity index is 977. The molecule has 0 saturated carbocycles. The zero-order valence-electron chi connectivity index (χ0n) is 15.0. The molecule has 1 fully saturated rings. The minimum Gasteiger partial charge on any atom is -0.207 e. The molecule has 0 atom stereocenters. The van der Waals surface area contributed by atoms with Crippen LogP contribution in [0.5, 0.6) is 0 Å². The first-order chi connectivity index (χ1) is 13.4. The third-order valence-corrected chi connectivity index (χ3v) is 6.93. The van der Waals surface area contributed by atoms with Gasteiger partial charge >= 0.3 is 12.4 Å². The second-order valence-corrected chi connectivity index (χ2v) is 8.66. The molecule has 0 unspecified atom stereocenters. The van der Waals surface area contributed by atoms with Gasteiger partial charge in [-0.1, -0.05) is 30.3 Å². The van der Waals surface area contributed by atoms with Gasteiger partial charge in [0.05, 0.1) is 16.0 Å². The van der Waals surface area contributed by atoms with E-state index in [0.717, 1.165) is 22.5 Å². The summed E-state index contributed by atoms with van der Waals surface area (Å²) in [7, 11) is -4.43. The normalized spacial score (nSPS) is 17.4. The molecule has 1 aliphatic heterocycles. The lowest BCUT2D eigenvalue weighted by Gasteiger charge is -2.33. The Labute approximate surface area is 164 Å². The summed E-state index contributed by atoms with van der Waals surface area (Å²) < 4.78 is 106. The molecule has 10 heteroatoms. The Balaban J connectivity index is 1.84. The second-order valence-electron chi connectivity index (χ2n) is 6.76. The van der Waals surface area contributed by atoms with Gasteiger partial charge in [-0.2, -0.15) is 30.6 Å². The monoisotopic (exact) mass is 437 g/mol. The van der Waals surface area contributed by atoms with Gasteiger partial charge in [0.2, 0.25) is 10.0 Å². The number of nitrogens with zero attached hydrogens (tertiary/aromatic N) is 1. The minimum absolute atomic E-state index is 0.0766. The van der Waals surface area contributed by atoms with Crippen molar-refractivity contribution in [2.75, 3.05) is 13.1 Å². The fraction of sp³-hybridized carbons (Fsp3) is 0.368. The average molecular weight is 437 g/mol. The predicted molar refractivity (Wildman–Crippen MR) is 93.6 cm³/mol. The van der Waals surface area contributed by atoms with E-state index in [4.69, 9.17) is 0 Å². The molecule has 0 radical (unpaired) electrons. The van der Waals surface area contributed by atoms with Crippen LogP contribution in [0.4, 0.5) is 26.3 Å². The standard InChI is InChI=1S/C19H17F6NO2S/c20-18(21,22)15-6-2-1-5-14(15)13-9-11-26(12-10-13)29(27,28)17-8-4-3-7-16(17)19(23,24)25/h1-8,13H,9-12H2. The molecule has 1 saturated heterocycles. The molecule has 0 bridgehead atoms. The van der Waals surface area contributed by atoms with Gasteiger partial charge in [0.1, 0.15) is 0 Å². The van der Waals surface area contributed by atoms with Crippen LogP contribution >= 0.6 is 0 Å². The fourth-order valence-corrected chi connectivity index (χ4v) is 5.27. The molecule has 1 aliphatic rings. The largest absolute Gasteiger partial charge is 0.417 e. The third-order valence-electron chi connectivity index (χ3n) is 4.97. The molecule has 0 aliphatic carbocycles. The zero-order chi connectivity index (χ0) is 21.4. The molecule has 0 amide bonds. The van der Waals surface area contributed by atoms with Crippen LogP contribution in [0.3, 0.4) is 0 Å². The maximum atomic E-state index is 13.2. The minimum atomic E-state index is -4.84. The summed E-state index contributed by atoms with van der Waals surface area (Å²) in [6, 6.07) is 8.97. The van der Waals surface area contributed by atoms with E-state index >= 15 is 0 Å². The highest BCUT2D eigenvalue weighted by molar-refractivity contribution is 7.89. The molecule has 1 heterocycles. The molecular formula is C19H17F6NO2S. The lowest BCUT2D eigenvalue weighted by molar-refractivity contribution is -0.140. The van der Waals surface area contributed by atoms with Gasteiger partial charge in [-0.3, -0.25) is 0 Å². The van der Waals surface area contributed by atoms with Crippen molar-refractivity contribution >= 4 is 10.0 Å². The van der Waals surface area contributed by atoms with E-state index in [-0.39, 0.29) is 31.5 Å². The number of benzene rings is 2. The van der Waals surface area contributed by atoms with E-state index < -0.39 is 44.3 Å². The number of alkyl halides is 6. The van der Waals surface area contributed by atoms with Crippen LogP contribution in [0.1, 0.15) is 35.4 Å². The van der Waals surface area contributed by atoms with E-state index in [2.05, 4.69) is 0 Å². The molecule has 158 valence electrons. The maximum absolute atomic E-state index is 13.2. The Hall–Kier alpha value is -2.07. The topological polar surface area (TPSA) is 37.4 Å². The number of halogens is 6. The van der Waals surface area contributed by atoms with Crippen LogP contribution in [0.25, 0.3) is 0 Å². The van der Waals surface area contributed by atoms with Gasteiger partial charge in [0.25, 0.3) is 0 Å². The van der Waals surface area contributed by atoms with Crippen LogP contribution < -0.4 is 0 Å². The second kappa shape index (κ2) is 7.64. The number of rotatable bonds is 3. The van der Waals surface area contributed by atoms with Gasteiger partial charge < -0.3 is 0 Å². The molecule has 2 aromatic carbocycles. The van der Waals surface area contributed by atoms with Crippen molar-refractivity contribution < 1.29 is 34.8 Å². The maximum Gasteiger partial charge on any atom is 0.417 e. The van der Waals surface area contributed by atoms with Crippen molar-refractivity contribution in [3.05, 3.63) is 65.2 Å². The van der Waals surface area contributed by atoms with Crippen LogP contribution in [0.2, 0.25) is 0 Å². The summed E-state index contributed by atoms with van der Waals surface area (Å²) in [5, 5.41) is 0. The molecule has 29 heavy (non-hydrogen) atoms. The molecular weight excluding hydrogens is 420 g/mol. The summed E-state index contributed by atoms with van der Waals surface area (Å²) in [6.45, 7) is -0.323. The number of piperidine rings is 1. The first kappa shape index (κ1) is 21.6. The van der Waals surface area contributed by atoms with Gasteiger partial charge in [-0.05, 0) is 42.5 Å². The number of sulfonamides is 1. The highest BCUT2D eigenvalue weighted by Gasteiger charge is 2.41. The van der Waals surface area contributed by atoms with Crippen molar-refractivity contribution in [2.45, 2.75) is 36.0 Å². The number of hydrogen-bond donors (Lipinski definition) is 0. The molecule has 0 aromatic heterocycles. The summed E-state index contributed by atoms with van der Waals surface area (Å²) in [5.41, 5.74) is -1.96. The SMILES string of the molecule is O=S(=O)(c1ccccc1C(F)(F)F)N1CCC(c2ccccc2C(F)(F)F)CC1. The van der Waals surface area contributed by atoms with Crippen LogP contribution in [-0.2, 0) is 22.4 Å². The highest BCUT2D eigenvalue weighted by Crippen LogP contribution is 2.40. The van der Waals surface area contributed by atoms with Gasteiger partial charge in [-0.25, -0.2) is 8.42 Å².